The lowest BCUT2D eigenvalue weighted by Gasteiger charge is -2.14. The third-order valence-electron chi connectivity index (χ3n) is 2.92. The van der Waals surface area contributed by atoms with E-state index >= 15 is 0 Å². The molecule has 0 unspecified atom stereocenters. The molecule has 1 heterocycles. The SMILES string of the molecule is CCCOC(=O)c1cccc(OC(F)F)c1COc1ccn(O)n1. The number of carbonyl (C=O) groups excluding carboxylic acids is 1. The number of hydrogen-bond donors (Lipinski definition) is 1. The highest BCUT2D eigenvalue weighted by atomic mass is 19.3. The Kier molecular flexibility index (Phi) is 5.94. The highest BCUT2D eigenvalue weighted by Gasteiger charge is 2.20. The topological polar surface area (TPSA) is 82.8 Å². The fourth-order valence-corrected chi connectivity index (χ4v) is 1.91. The van der Waals surface area contributed by atoms with Crippen LogP contribution >= 0.6 is 0 Å². The van der Waals surface area contributed by atoms with Crippen LogP contribution in [0.5, 0.6) is 11.6 Å². The van der Waals surface area contributed by atoms with Crippen molar-refractivity contribution < 1.29 is 33.0 Å². The quantitative estimate of drug-likeness (QED) is 0.587. The minimum atomic E-state index is -3.05. The third kappa shape index (κ3) is 4.58. The van der Waals surface area contributed by atoms with Crippen molar-refractivity contribution in [2.75, 3.05) is 6.61 Å². The minimum Gasteiger partial charge on any atom is -0.471 e. The monoisotopic (exact) mass is 342 g/mol. The number of halogens is 2. The molecule has 2 aromatic rings. The molecule has 0 aliphatic rings. The number of rotatable bonds is 8. The van der Waals surface area contributed by atoms with Gasteiger partial charge in [-0.15, -0.1) is 4.85 Å². The van der Waals surface area contributed by atoms with Crippen LogP contribution in [0, 0.1) is 0 Å². The summed E-state index contributed by atoms with van der Waals surface area (Å²) in [6, 6.07) is 5.50. The fraction of sp³-hybridized carbons (Fsp3) is 0.333. The summed E-state index contributed by atoms with van der Waals surface area (Å²) in [4.78, 5) is 12.6. The first-order valence-corrected chi connectivity index (χ1v) is 7.12. The summed E-state index contributed by atoms with van der Waals surface area (Å²) in [6.07, 6.45) is 1.85. The zero-order chi connectivity index (χ0) is 17.5. The Bertz CT molecular complexity index is 690. The number of nitrogens with zero attached hydrogens (tertiary/aromatic N) is 2. The first-order chi connectivity index (χ1) is 11.5. The number of carbonyl (C=O) groups is 1. The molecule has 0 saturated heterocycles. The molecule has 1 aromatic heterocycles. The van der Waals surface area contributed by atoms with Crippen LogP contribution in [-0.4, -0.2) is 34.3 Å². The number of benzene rings is 1. The summed E-state index contributed by atoms with van der Waals surface area (Å²) in [6.45, 7) is -1.29. The third-order valence-corrected chi connectivity index (χ3v) is 2.92. The van der Waals surface area contributed by atoms with Crippen molar-refractivity contribution in [2.24, 2.45) is 0 Å². The Labute approximate surface area is 136 Å². The lowest BCUT2D eigenvalue weighted by atomic mass is 10.1. The maximum absolute atomic E-state index is 12.6. The molecule has 2 rings (SSSR count). The summed E-state index contributed by atoms with van der Waals surface area (Å²) in [5.74, 6) is -0.806. The molecule has 0 aliphatic heterocycles. The van der Waals surface area contributed by atoms with Crippen LogP contribution in [0.3, 0.4) is 0 Å². The van der Waals surface area contributed by atoms with Gasteiger partial charge in [-0.3, -0.25) is 0 Å². The van der Waals surface area contributed by atoms with Gasteiger partial charge in [0.2, 0.25) is 5.88 Å². The van der Waals surface area contributed by atoms with Crippen molar-refractivity contribution in [3.63, 3.8) is 0 Å². The number of alkyl halides is 2. The predicted octanol–water partition coefficient (Wildman–Crippen LogP) is 2.87. The lowest BCUT2D eigenvalue weighted by Crippen LogP contribution is -2.14. The second kappa shape index (κ2) is 8.14. The lowest BCUT2D eigenvalue weighted by molar-refractivity contribution is -0.0509. The molecule has 0 aliphatic carbocycles. The van der Waals surface area contributed by atoms with Gasteiger partial charge in [0, 0.05) is 11.6 Å². The van der Waals surface area contributed by atoms with E-state index in [1.54, 1.807) is 0 Å². The first kappa shape index (κ1) is 17.5. The summed E-state index contributed by atoms with van der Waals surface area (Å²) >= 11 is 0. The van der Waals surface area contributed by atoms with Gasteiger partial charge in [-0.1, -0.05) is 18.1 Å². The van der Waals surface area contributed by atoms with Crippen molar-refractivity contribution in [2.45, 2.75) is 26.6 Å². The second-order valence-electron chi connectivity index (χ2n) is 4.66. The highest BCUT2D eigenvalue weighted by Crippen LogP contribution is 2.26. The van der Waals surface area contributed by atoms with E-state index in [9.17, 15) is 13.6 Å². The molecule has 7 nitrogen and oxygen atoms in total. The zero-order valence-corrected chi connectivity index (χ0v) is 12.8. The minimum absolute atomic E-state index is 0.0530. The fourth-order valence-electron chi connectivity index (χ4n) is 1.91. The Morgan fingerprint density at radius 1 is 1.38 bits per heavy atom. The van der Waals surface area contributed by atoms with Gasteiger partial charge < -0.3 is 19.4 Å². The van der Waals surface area contributed by atoms with Gasteiger partial charge in [0.05, 0.1) is 18.4 Å². The molecule has 0 atom stereocenters. The summed E-state index contributed by atoms with van der Waals surface area (Å²) in [5.41, 5.74) is 0.163. The molecule has 9 heteroatoms. The standard InChI is InChI=1S/C15H16F2N2O5/c1-2-8-22-14(20)10-4-3-5-12(24-15(16)17)11(10)9-23-13-6-7-19(21)18-13/h3-7,15,21H,2,8-9H2,1H3. The van der Waals surface area contributed by atoms with Crippen molar-refractivity contribution in [3.05, 3.63) is 41.6 Å². The summed E-state index contributed by atoms with van der Waals surface area (Å²) in [7, 11) is 0. The van der Waals surface area contributed by atoms with Crippen molar-refractivity contribution in [3.8, 4) is 11.6 Å². The van der Waals surface area contributed by atoms with Crippen LogP contribution in [0.2, 0.25) is 0 Å². The molecule has 130 valence electrons. The molecule has 0 bridgehead atoms. The van der Waals surface area contributed by atoms with Crippen LogP contribution < -0.4 is 9.47 Å². The van der Waals surface area contributed by atoms with E-state index in [0.29, 0.717) is 11.3 Å². The Morgan fingerprint density at radius 2 is 2.17 bits per heavy atom. The van der Waals surface area contributed by atoms with E-state index in [-0.39, 0.29) is 36.0 Å². The van der Waals surface area contributed by atoms with Gasteiger partial charge in [0.15, 0.2) is 0 Å². The molecular formula is C15H16F2N2O5. The molecule has 0 saturated carbocycles. The molecule has 24 heavy (non-hydrogen) atoms. The Morgan fingerprint density at radius 3 is 2.79 bits per heavy atom. The van der Waals surface area contributed by atoms with Gasteiger partial charge in [-0.05, 0) is 18.6 Å². The van der Waals surface area contributed by atoms with E-state index < -0.39 is 12.6 Å². The first-order valence-electron chi connectivity index (χ1n) is 7.12. The smallest absolute Gasteiger partial charge is 0.387 e. The second-order valence-corrected chi connectivity index (χ2v) is 4.66. The molecule has 0 fully saturated rings. The van der Waals surface area contributed by atoms with Gasteiger partial charge in [-0.2, -0.15) is 8.78 Å². The normalized spacial score (nSPS) is 10.7. The predicted molar refractivity (Wildman–Crippen MR) is 77.4 cm³/mol. The van der Waals surface area contributed by atoms with Crippen molar-refractivity contribution in [1.29, 1.82) is 0 Å². The van der Waals surface area contributed by atoms with Gasteiger partial charge in [0.1, 0.15) is 12.4 Å². The van der Waals surface area contributed by atoms with Crippen molar-refractivity contribution in [1.82, 2.24) is 9.94 Å². The maximum Gasteiger partial charge on any atom is 0.387 e. The Balaban J connectivity index is 2.26. The van der Waals surface area contributed by atoms with Crippen LogP contribution in [0.4, 0.5) is 8.78 Å². The summed E-state index contributed by atoms with van der Waals surface area (Å²) < 4.78 is 39.9. The average molecular weight is 342 g/mol. The molecule has 0 radical (unpaired) electrons. The van der Waals surface area contributed by atoms with E-state index in [2.05, 4.69) is 9.84 Å². The van der Waals surface area contributed by atoms with Crippen LogP contribution in [0.1, 0.15) is 29.3 Å². The molecule has 0 amide bonds. The molecule has 1 aromatic carbocycles. The van der Waals surface area contributed by atoms with Gasteiger partial charge in [0.25, 0.3) is 0 Å². The highest BCUT2D eigenvalue weighted by molar-refractivity contribution is 5.91. The Hall–Kier alpha value is -2.84. The summed E-state index contributed by atoms with van der Waals surface area (Å²) in [5, 5.41) is 12.7. The van der Waals surface area contributed by atoms with Gasteiger partial charge in [-0.25, -0.2) is 4.79 Å². The van der Waals surface area contributed by atoms with E-state index in [4.69, 9.17) is 14.7 Å². The molecule has 0 spiro atoms. The van der Waals surface area contributed by atoms with Crippen LogP contribution in [-0.2, 0) is 11.3 Å². The van der Waals surface area contributed by atoms with Crippen LogP contribution in [0.15, 0.2) is 30.5 Å². The number of hydrogen-bond acceptors (Lipinski definition) is 6. The molecular weight excluding hydrogens is 326 g/mol. The van der Waals surface area contributed by atoms with E-state index in [1.807, 2.05) is 6.92 Å². The number of ether oxygens (including phenoxy) is 3. The largest absolute Gasteiger partial charge is 0.471 e. The maximum atomic E-state index is 12.6. The number of aromatic nitrogens is 2. The van der Waals surface area contributed by atoms with E-state index in [1.165, 1.54) is 30.5 Å². The van der Waals surface area contributed by atoms with Crippen LogP contribution in [0.25, 0.3) is 0 Å². The molecule has 1 N–H and O–H groups in total. The van der Waals surface area contributed by atoms with Gasteiger partial charge >= 0.3 is 12.6 Å². The number of esters is 1. The zero-order valence-electron chi connectivity index (χ0n) is 12.8. The average Bonchev–Trinajstić information content (AvgIpc) is 2.96. The van der Waals surface area contributed by atoms with E-state index in [0.717, 1.165) is 0 Å². The van der Waals surface area contributed by atoms with Crippen molar-refractivity contribution >= 4 is 5.97 Å².